The number of rotatable bonds is 6. The molecular formula is C21H33CuN7OS2. The molecule has 1 aromatic rings. The second kappa shape index (κ2) is 12.1. The molecule has 11 heteroatoms. The number of nitrogens with one attached hydrogen (secondary N) is 2. The third-order valence-electron chi connectivity index (χ3n) is 5.58. The fraction of sp³-hybridized carbons (Fsp3) is 0.619. The first kappa shape index (κ1) is 28.5. The summed E-state index contributed by atoms with van der Waals surface area (Å²) in [6.07, 6.45) is 3.57. The largest absolute Gasteiger partial charge is 2.00 e. The van der Waals surface area contributed by atoms with Crippen LogP contribution in [0, 0.1) is 0 Å². The number of hydrogen-bond donors (Lipinski definition) is 2. The molecule has 0 atom stereocenters. The zero-order valence-electron chi connectivity index (χ0n) is 19.7. The van der Waals surface area contributed by atoms with Gasteiger partial charge in [-0.05, 0) is 76.3 Å². The van der Waals surface area contributed by atoms with Crippen LogP contribution >= 0.6 is 0 Å². The molecule has 1 aromatic heterocycles. The number of likely N-dealkylation sites (tertiary alicyclic amines) is 1. The fourth-order valence-electron chi connectivity index (χ4n) is 3.92. The summed E-state index contributed by atoms with van der Waals surface area (Å²) >= 11 is 10.1. The molecule has 181 valence electrons. The standard InChI is InChI=1S/C21H35N7OS2.Cu/c1-14(24-26-18(30)22-6)17(25-27-19(31)23-7)16-10-9-15(29-16)13-28-20(2,3)11-8-12-21(28,4)5;/h9-10H,8,11-13H2,1-7H3,(H2,22,26,30)(H2,23,27,31);/q;+2/p-2/b24-14+,25-17-;. The minimum atomic E-state index is 0. The van der Waals surface area contributed by atoms with Crippen molar-refractivity contribution in [2.24, 2.45) is 20.2 Å². The maximum absolute atomic E-state index is 6.20. The van der Waals surface area contributed by atoms with E-state index in [9.17, 15) is 0 Å². The maximum atomic E-state index is 6.20. The van der Waals surface area contributed by atoms with Crippen LogP contribution in [-0.4, -0.2) is 51.8 Å². The number of nitrogens with zero attached hydrogens (tertiary/aromatic N) is 5. The van der Waals surface area contributed by atoms with Gasteiger partial charge in [-0.3, -0.25) is 25.7 Å². The van der Waals surface area contributed by atoms with Crippen LogP contribution in [-0.2, 0) is 48.9 Å². The van der Waals surface area contributed by atoms with Crippen molar-refractivity contribution < 1.29 is 21.5 Å². The minimum absolute atomic E-state index is 0. The van der Waals surface area contributed by atoms with Crippen LogP contribution in [0.4, 0.5) is 0 Å². The molecule has 1 saturated heterocycles. The molecule has 0 saturated carbocycles. The molecule has 2 rings (SSSR count). The first-order valence-electron chi connectivity index (χ1n) is 10.3. The average molecular weight is 527 g/mol. The van der Waals surface area contributed by atoms with Crippen molar-refractivity contribution in [3.05, 3.63) is 23.7 Å². The Balaban J connectivity index is 0.00000512. The van der Waals surface area contributed by atoms with E-state index >= 15 is 0 Å². The number of aliphatic imine (C=N–C) groups is 2. The van der Waals surface area contributed by atoms with E-state index in [0.29, 0.717) is 17.2 Å². The van der Waals surface area contributed by atoms with Crippen LogP contribution in [0.1, 0.15) is 65.4 Å². The van der Waals surface area contributed by atoms with Gasteiger partial charge in [-0.15, -0.1) is 0 Å². The average Bonchev–Trinajstić information content (AvgIpc) is 3.17. The van der Waals surface area contributed by atoms with Crippen LogP contribution in [0.15, 0.2) is 36.7 Å². The van der Waals surface area contributed by atoms with Gasteiger partial charge in [0.2, 0.25) is 0 Å². The van der Waals surface area contributed by atoms with E-state index in [2.05, 4.69) is 63.6 Å². The normalized spacial score (nSPS) is 20.0. The summed E-state index contributed by atoms with van der Waals surface area (Å²) in [5.74, 6) is 1.45. The summed E-state index contributed by atoms with van der Waals surface area (Å²) in [7, 11) is 3.20. The van der Waals surface area contributed by atoms with E-state index in [1.807, 2.05) is 12.1 Å². The second-order valence-corrected chi connectivity index (χ2v) is 9.54. The van der Waals surface area contributed by atoms with Crippen LogP contribution in [0.3, 0.4) is 0 Å². The molecule has 2 N–H and O–H groups in total. The Labute approximate surface area is 213 Å². The van der Waals surface area contributed by atoms with Gasteiger partial charge in [0, 0.05) is 25.2 Å². The van der Waals surface area contributed by atoms with Gasteiger partial charge in [0.25, 0.3) is 0 Å². The molecule has 0 unspecified atom stereocenters. The van der Waals surface area contributed by atoms with Crippen molar-refractivity contribution in [1.82, 2.24) is 15.8 Å². The second-order valence-electron chi connectivity index (χ2n) is 8.77. The van der Waals surface area contributed by atoms with Gasteiger partial charge in [0.05, 0.1) is 12.3 Å². The smallest absolute Gasteiger partial charge is 0.741 e. The predicted octanol–water partition coefficient (Wildman–Crippen LogP) is 3.14. The molecule has 0 bridgehead atoms. The van der Waals surface area contributed by atoms with E-state index in [0.717, 1.165) is 12.3 Å². The van der Waals surface area contributed by atoms with Gasteiger partial charge in [0.15, 0.2) is 5.76 Å². The first-order chi connectivity index (χ1) is 14.5. The molecule has 1 radical (unpaired) electrons. The molecule has 8 nitrogen and oxygen atoms in total. The number of furan rings is 1. The van der Waals surface area contributed by atoms with Gasteiger partial charge in [-0.1, -0.05) is 0 Å². The molecule has 0 aliphatic carbocycles. The summed E-state index contributed by atoms with van der Waals surface area (Å²) < 4.78 is 6.20. The molecule has 32 heavy (non-hydrogen) atoms. The van der Waals surface area contributed by atoms with Gasteiger partial charge in [-0.2, -0.15) is 10.2 Å². The molecule has 2 heterocycles. The molecule has 0 amide bonds. The van der Waals surface area contributed by atoms with Gasteiger partial charge >= 0.3 is 17.1 Å². The zero-order chi connectivity index (χ0) is 23.2. The van der Waals surface area contributed by atoms with Crippen molar-refractivity contribution in [3.8, 4) is 0 Å². The number of hydrazone groups is 2. The Kier molecular flexibility index (Phi) is 10.8. The Hall–Kier alpha value is -1.52. The number of hydrogen-bond acceptors (Lipinski definition) is 8. The Morgan fingerprint density at radius 3 is 2.06 bits per heavy atom. The molecule has 1 fully saturated rings. The van der Waals surface area contributed by atoms with E-state index in [1.54, 1.807) is 21.0 Å². The van der Waals surface area contributed by atoms with Crippen LogP contribution in [0.5, 0.6) is 0 Å². The van der Waals surface area contributed by atoms with Crippen molar-refractivity contribution in [2.75, 3.05) is 14.1 Å². The topological polar surface area (TPSA) is 89.9 Å². The quantitative estimate of drug-likeness (QED) is 0.194. The number of amidine groups is 2. The first-order valence-corrected chi connectivity index (χ1v) is 11.1. The Morgan fingerprint density at radius 2 is 1.53 bits per heavy atom. The van der Waals surface area contributed by atoms with Crippen LogP contribution in [0.2, 0.25) is 0 Å². The van der Waals surface area contributed by atoms with Gasteiger partial charge < -0.3 is 29.7 Å². The van der Waals surface area contributed by atoms with Crippen molar-refractivity contribution in [1.29, 1.82) is 0 Å². The Bertz CT molecular complexity index is 874. The summed E-state index contributed by atoms with van der Waals surface area (Å²) in [5, 5.41) is 9.17. The zero-order valence-corrected chi connectivity index (χ0v) is 22.3. The summed E-state index contributed by atoms with van der Waals surface area (Å²) in [6, 6.07) is 3.88. The van der Waals surface area contributed by atoms with E-state index in [1.165, 1.54) is 19.3 Å². The molecule has 1 aliphatic heterocycles. The third-order valence-corrected chi connectivity index (χ3v) is 6.13. The number of piperidine rings is 1. The monoisotopic (exact) mass is 526 g/mol. The molecule has 0 aromatic carbocycles. The maximum Gasteiger partial charge on any atom is 2.00 e. The van der Waals surface area contributed by atoms with Crippen LogP contribution in [0.25, 0.3) is 0 Å². The van der Waals surface area contributed by atoms with E-state index < -0.39 is 0 Å². The fourth-order valence-corrected chi connectivity index (χ4v) is 4.01. The van der Waals surface area contributed by atoms with Crippen molar-refractivity contribution >= 4 is 47.0 Å². The van der Waals surface area contributed by atoms with E-state index in [4.69, 9.17) is 29.7 Å². The van der Waals surface area contributed by atoms with Crippen molar-refractivity contribution in [3.63, 3.8) is 0 Å². The summed E-state index contributed by atoms with van der Waals surface area (Å²) in [6.45, 7) is 11.7. The van der Waals surface area contributed by atoms with Gasteiger partial charge in [0.1, 0.15) is 11.5 Å². The summed E-state index contributed by atoms with van der Waals surface area (Å²) in [5.41, 5.74) is 6.73. The van der Waals surface area contributed by atoms with E-state index in [-0.39, 0.29) is 38.5 Å². The third kappa shape index (κ3) is 7.52. The predicted molar refractivity (Wildman–Crippen MR) is 134 cm³/mol. The van der Waals surface area contributed by atoms with Crippen molar-refractivity contribution in [2.45, 2.75) is 71.5 Å². The van der Waals surface area contributed by atoms with Gasteiger partial charge in [-0.25, -0.2) is 0 Å². The minimum Gasteiger partial charge on any atom is -0.741 e. The molecule has 0 spiro atoms. The summed E-state index contributed by atoms with van der Waals surface area (Å²) in [4.78, 5) is 10.3. The van der Waals surface area contributed by atoms with Crippen LogP contribution < -0.4 is 10.9 Å². The Morgan fingerprint density at radius 1 is 1.00 bits per heavy atom. The molecule has 1 aliphatic rings. The molecular weight excluding hydrogens is 494 g/mol. The SMILES string of the molecule is CN=C([S-])N/N=C(/C(C)=N/NC([S-])=NC)c1ccc(CN2C(C)(C)CCCC2(C)C)o1.[Cu+2].